The maximum Gasteiger partial charge on any atom is 0.315 e. The molecule has 0 bridgehead atoms. The Morgan fingerprint density at radius 3 is 2.42 bits per heavy atom. The number of urea groups is 1. The van der Waals surface area contributed by atoms with E-state index in [1.165, 1.54) is 0 Å². The Bertz CT molecular complexity index is 299. The summed E-state index contributed by atoms with van der Waals surface area (Å²) < 4.78 is 0. The Balaban J connectivity index is 2.16. The predicted molar refractivity (Wildman–Crippen MR) is 74.0 cm³/mol. The minimum atomic E-state index is -0.683. The van der Waals surface area contributed by atoms with Gasteiger partial charge in [-0.1, -0.05) is 13.3 Å². The van der Waals surface area contributed by atoms with Gasteiger partial charge in [-0.2, -0.15) is 0 Å². The van der Waals surface area contributed by atoms with Crippen LogP contribution in [0.15, 0.2) is 0 Å². The summed E-state index contributed by atoms with van der Waals surface area (Å²) in [5, 5.41) is 14.7. The molecule has 0 saturated heterocycles. The van der Waals surface area contributed by atoms with Crippen molar-refractivity contribution < 1.29 is 14.7 Å². The van der Waals surface area contributed by atoms with Gasteiger partial charge in [-0.05, 0) is 44.9 Å². The zero-order valence-corrected chi connectivity index (χ0v) is 11.9. The topological polar surface area (TPSA) is 78.4 Å². The summed E-state index contributed by atoms with van der Waals surface area (Å²) in [5.41, 5.74) is 0. The molecule has 110 valence electrons. The van der Waals surface area contributed by atoms with Crippen molar-refractivity contribution >= 4 is 12.0 Å². The molecule has 1 aliphatic rings. The first-order chi connectivity index (χ1) is 9.02. The van der Waals surface area contributed by atoms with E-state index in [9.17, 15) is 9.59 Å². The van der Waals surface area contributed by atoms with E-state index in [4.69, 9.17) is 5.11 Å². The number of carboxylic acids is 1. The van der Waals surface area contributed by atoms with Crippen LogP contribution in [0.1, 0.15) is 52.4 Å². The highest BCUT2D eigenvalue weighted by molar-refractivity contribution is 5.74. The molecule has 19 heavy (non-hydrogen) atoms. The minimum absolute atomic E-state index is 0.110. The van der Waals surface area contributed by atoms with Crippen molar-refractivity contribution in [3.63, 3.8) is 0 Å². The van der Waals surface area contributed by atoms with Gasteiger partial charge in [-0.3, -0.25) is 4.79 Å². The number of carboxylic acid groups (broad SMARTS) is 1. The molecular weight excluding hydrogens is 244 g/mol. The highest BCUT2D eigenvalue weighted by Gasteiger charge is 2.25. The van der Waals surface area contributed by atoms with Gasteiger partial charge in [0.25, 0.3) is 0 Å². The lowest BCUT2D eigenvalue weighted by Crippen LogP contribution is -2.43. The molecule has 5 heteroatoms. The van der Waals surface area contributed by atoms with E-state index in [0.29, 0.717) is 12.5 Å². The largest absolute Gasteiger partial charge is 0.481 e. The molecule has 5 nitrogen and oxygen atoms in total. The summed E-state index contributed by atoms with van der Waals surface area (Å²) in [7, 11) is 0. The Hall–Kier alpha value is -1.26. The normalized spacial score (nSPS) is 24.5. The Labute approximate surface area is 115 Å². The summed E-state index contributed by atoms with van der Waals surface area (Å²) in [5.74, 6) is -0.449. The van der Waals surface area contributed by atoms with Gasteiger partial charge in [0.2, 0.25) is 0 Å². The van der Waals surface area contributed by atoms with Crippen LogP contribution in [0, 0.1) is 11.8 Å². The number of rotatable bonds is 6. The first kappa shape index (κ1) is 15.8. The zero-order valence-electron chi connectivity index (χ0n) is 11.9. The molecule has 0 aromatic carbocycles. The first-order valence-corrected chi connectivity index (χ1v) is 7.30. The van der Waals surface area contributed by atoms with Gasteiger partial charge in [-0.15, -0.1) is 0 Å². The van der Waals surface area contributed by atoms with E-state index in [1.54, 1.807) is 0 Å². The van der Waals surface area contributed by atoms with Crippen LogP contribution in [-0.2, 0) is 4.79 Å². The lowest BCUT2D eigenvalue weighted by molar-refractivity contribution is -0.143. The van der Waals surface area contributed by atoms with Gasteiger partial charge in [0, 0.05) is 12.6 Å². The Morgan fingerprint density at radius 2 is 1.89 bits per heavy atom. The van der Waals surface area contributed by atoms with Crippen molar-refractivity contribution in [2.24, 2.45) is 11.8 Å². The monoisotopic (exact) mass is 270 g/mol. The molecular formula is C14H26N2O3. The van der Waals surface area contributed by atoms with E-state index in [1.807, 2.05) is 6.92 Å². The maximum absolute atomic E-state index is 11.6. The number of amides is 2. The molecule has 0 aromatic heterocycles. The summed E-state index contributed by atoms with van der Waals surface area (Å²) in [6.07, 6.45) is 5.28. The van der Waals surface area contributed by atoms with E-state index < -0.39 is 5.97 Å². The van der Waals surface area contributed by atoms with Crippen LogP contribution in [0.5, 0.6) is 0 Å². The molecule has 0 spiro atoms. The van der Waals surface area contributed by atoms with Crippen LogP contribution >= 0.6 is 0 Å². The summed E-state index contributed by atoms with van der Waals surface area (Å²) in [4.78, 5) is 22.5. The minimum Gasteiger partial charge on any atom is -0.481 e. The average molecular weight is 270 g/mol. The molecule has 3 N–H and O–H groups in total. The number of hydrogen-bond acceptors (Lipinski definition) is 2. The van der Waals surface area contributed by atoms with Gasteiger partial charge in [0.15, 0.2) is 0 Å². The predicted octanol–water partition coefficient (Wildman–Crippen LogP) is 2.37. The van der Waals surface area contributed by atoms with Crippen molar-refractivity contribution in [1.82, 2.24) is 10.6 Å². The van der Waals surface area contributed by atoms with Crippen LogP contribution in [0.3, 0.4) is 0 Å². The third-order valence-electron chi connectivity index (χ3n) is 3.85. The quantitative estimate of drug-likeness (QED) is 0.693. The fourth-order valence-corrected chi connectivity index (χ4v) is 2.63. The second-order valence-corrected chi connectivity index (χ2v) is 5.60. The summed E-state index contributed by atoms with van der Waals surface area (Å²) in [6, 6.07) is 0.0917. The molecule has 1 rings (SSSR count). The number of carbonyl (C=O) groups excluding carboxylic acids is 1. The van der Waals surface area contributed by atoms with Crippen LogP contribution in [0.2, 0.25) is 0 Å². The number of carbonyl (C=O) groups is 2. The van der Waals surface area contributed by atoms with Crippen LogP contribution < -0.4 is 10.6 Å². The van der Waals surface area contributed by atoms with Crippen molar-refractivity contribution in [1.29, 1.82) is 0 Å². The van der Waals surface area contributed by atoms with Crippen molar-refractivity contribution in [3.8, 4) is 0 Å². The van der Waals surface area contributed by atoms with Crippen molar-refractivity contribution in [3.05, 3.63) is 0 Å². The maximum atomic E-state index is 11.6. The summed E-state index contributed by atoms with van der Waals surface area (Å²) >= 11 is 0. The van der Waals surface area contributed by atoms with Crippen molar-refractivity contribution in [2.75, 3.05) is 6.54 Å². The Morgan fingerprint density at radius 1 is 1.26 bits per heavy atom. The SMILES string of the molecule is CCCC(C)NC(=O)NCC1CCC(C(=O)O)CC1. The highest BCUT2D eigenvalue weighted by Crippen LogP contribution is 2.28. The highest BCUT2D eigenvalue weighted by atomic mass is 16.4. The molecule has 1 aliphatic carbocycles. The van der Waals surface area contributed by atoms with Crippen LogP contribution in [-0.4, -0.2) is 29.7 Å². The molecule has 0 radical (unpaired) electrons. The molecule has 0 aromatic rings. The van der Waals surface area contributed by atoms with E-state index >= 15 is 0 Å². The molecule has 2 amide bonds. The van der Waals surface area contributed by atoms with Gasteiger partial charge in [0.1, 0.15) is 0 Å². The average Bonchev–Trinajstić information content (AvgIpc) is 2.37. The van der Waals surface area contributed by atoms with E-state index in [0.717, 1.165) is 38.5 Å². The molecule has 1 atom stereocenters. The van der Waals surface area contributed by atoms with Gasteiger partial charge >= 0.3 is 12.0 Å². The van der Waals surface area contributed by atoms with Crippen LogP contribution in [0.4, 0.5) is 4.79 Å². The third-order valence-corrected chi connectivity index (χ3v) is 3.85. The van der Waals surface area contributed by atoms with Gasteiger partial charge in [-0.25, -0.2) is 4.79 Å². The number of nitrogens with one attached hydrogen (secondary N) is 2. The lowest BCUT2D eigenvalue weighted by Gasteiger charge is -2.26. The first-order valence-electron chi connectivity index (χ1n) is 7.30. The Kier molecular flexibility index (Phi) is 6.67. The summed E-state index contributed by atoms with van der Waals surface area (Å²) in [6.45, 7) is 4.75. The van der Waals surface area contributed by atoms with Crippen molar-refractivity contribution in [2.45, 2.75) is 58.4 Å². The van der Waals surface area contributed by atoms with Crippen LogP contribution in [0.25, 0.3) is 0 Å². The lowest BCUT2D eigenvalue weighted by atomic mass is 9.82. The second-order valence-electron chi connectivity index (χ2n) is 5.60. The van der Waals surface area contributed by atoms with Gasteiger partial charge in [0.05, 0.1) is 5.92 Å². The standard InChI is InChI=1S/C14H26N2O3/c1-3-4-10(2)16-14(19)15-9-11-5-7-12(8-6-11)13(17)18/h10-12H,3-9H2,1-2H3,(H,17,18)(H2,15,16,19). The molecule has 1 unspecified atom stereocenters. The third kappa shape index (κ3) is 5.94. The second kappa shape index (κ2) is 8.02. The molecule has 0 heterocycles. The number of aliphatic carboxylic acids is 1. The zero-order chi connectivity index (χ0) is 14.3. The molecule has 1 saturated carbocycles. The van der Waals surface area contributed by atoms with E-state index in [-0.39, 0.29) is 18.0 Å². The van der Waals surface area contributed by atoms with Gasteiger partial charge < -0.3 is 15.7 Å². The number of hydrogen-bond donors (Lipinski definition) is 3. The molecule has 0 aliphatic heterocycles. The fourth-order valence-electron chi connectivity index (χ4n) is 2.63. The fraction of sp³-hybridized carbons (Fsp3) is 0.857. The smallest absolute Gasteiger partial charge is 0.315 e. The molecule has 1 fully saturated rings. The van der Waals surface area contributed by atoms with E-state index in [2.05, 4.69) is 17.6 Å².